The largest absolute Gasteiger partial charge is 0.494 e. The SMILES string of the molecule is COc1cnccc1-c1nc2ncc(Br)cc2[nH]1. The average molecular weight is 305 g/mol. The van der Waals surface area contributed by atoms with Gasteiger partial charge in [0, 0.05) is 16.9 Å². The molecule has 0 aliphatic heterocycles. The van der Waals surface area contributed by atoms with Gasteiger partial charge in [0.15, 0.2) is 5.65 Å². The van der Waals surface area contributed by atoms with E-state index in [1.165, 1.54) is 0 Å². The van der Waals surface area contributed by atoms with Gasteiger partial charge in [0.2, 0.25) is 0 Å². The van der Waals surface area contributed by atoms with E-state index in [1.54, 1.807) is 25.7 Å². The van der Waals surface area contributed by atoms with Crippen LogP contribution in [0.15, 0.2) is 35.2 Å². The second-order valence-corrected chi connectivity index (χ2v) is 4.60. The lowest BCUT2D eigenvalue weighted by Crippen LogP contribution is -1.89. The number of imidazole rings is 1. The number of ether oxygens (including phenoxy) is 1. The van der Waals surface area contributed by atoms with E-state index in [9.17, 15) is 0 Å². The van der Waals surface area contributed by atoms with E-state index < -0.39 is 0 Å². The van der Waals surface area contributed by atoms with Crippen molar-refractivity contribution in [2.45, 2.75) is 0 Å². The molecule has 0 aliphatic rings. The molecular weight excluding hydrogens is 296 g/mol. The first-order chi connectivity index (χ1) is 8.78. The molecule has 0 atom stereocenters. The molecule has 5 nitrogen and oxygen atoms in total. The highest BCUT2D eigenvalue weighted by molar-refractivity contribution is 9.10. The fourth-order valence-corrected chi connectivity index (χ4v) is 2.07. The van der Waals surface area contributed by atoms with Crippen LogP contribution in [0.25, 0.3) is 22.6 Å². The van der Waals surface area contributed by atoms with Crippen molar-refractivity contribution >= 4 is 27.1 Å². The minimum atomic E-state index is 0.673. The van der Waals surface area contributed by atoms with E-state index in [0.717, 1.165) is 21.4 Å². The molecule has 0 bridgehead atoms. The van der Waals surface area contributed by atoms with Gasteiger partial charge in [0.25, 0.3) is 0 Å². The third kappa shape index (κ3) is 1.84. The van der Waals surface area contributed by atoms with Crippen molar-refractivity contribution < 1.29 is 4.74 Å². The minimum absolute atomic E-state index is 0.673. The predicted octanol–water partition coefficient (Wildman–Crippen LogP) is 2.79. The lowest BCUT2D eigenvalue weighted by atomic mass is 10.2. The summed E-state index contributed by atoms with van der Waals surface area (Å²) in [6.07, 6.45) is 5.08. The molecule has 3 heterocycles. The lowest BCUT2D eigenvalue weighted by Gasteiger charge is -2.03. The number of rotatable bonds is 2. The molecule has 0 amide bonds. The Bertz CT molecular complexity index is 710. The Balaban J connectivity index is 2.19. The molecule has 3 aromatic heterocycles. The number of aromatic nitrogens is 4. The molecule has 6 heteroatoms. The minimum Gasteiger partial charge on any atom is -0.494 e. The number of nitrogens with one attached hydrogen (secondary N) is 1. The highest BCUT2D eigenvalue weighted by atomic mass is 79.9. The average Bonchev–Trinajstić information content (AvgIpc) is 2.81. The smallest absolute Gasteiger partial charge is 0.178 e. The van der Waals surface area contributed by atoms with Gasteiger partial charge in [-0.1, -0.05) is 0 Å². The second-order valence-electron chi connectivity index (χ2n) is 3.69. The first kappa shape index (κ1) is 11.2. The molecule has 0 radical (unpaired) electrons. The molecule has 3 rings (SSSR count). The number of aromatic amines is 1. The summed E-state index contributed by atoms with van der Waals surface area (Å²) in [4.78, 5) is 15.9. The predicted molar refractivity (Wildman–Crippen MR) is 71.4 cm³/mol. The van der Waals surface area contributed by atoms with Crippen LogP contribution in [0.1, 0.15) is 0 Å². The van der Waals surface area contributed by atoms with Crippen molar-refractivity contribution in [3.05, 3.63) is 35.2 Å². The van der Waals surface area contributed by atoms with Crippen LogP contribution in [0.5, 0.6) is 5.75 Å². The molecule has 0 saturated carbocycles. The van der Waals surface area contributed by atoms with E-state index in [1.807, 2.05) is 12.1 Å². The van der Waals surface area contributed by atoms with Crippen molar-refractivity contribution in [1.82, 2.24) is 19.9 Å². The number of hydrogen-bond acceptors (Lipinski definition) is 4. The topological polar surface area (TPSA) is 63.7 Å². The Morgan fingerprint density at radius 2 is 2.22 bits per heavy atom. The quantitative estimate of drug-likeness (QED) is 0.791. The maximum absolute atomic E-state index is 5.27. The fourth-order valence-electron chi connectivity index (χ4n) is 1.74. The Kier molecular flexibility index (Phi) is 2.71. The summed E-state index contributed by atoms with van der Waals surface area (Å²) in [6.45, 7) is 0. The molecule has 0 spiro atoms. The van der Waals surface area contributed by atoms with Crippen LogP contribution >= 0.6 is 15.9 Å². The maximum Gasteiger partial charge on any atom is 0.178 e. The van der Waals surface area contributed by atoms with Crippen LogP contribution in [0.4, 0.5) is 0 Å². The van der Waals surface area contributed by atoms with E-state index in [2.05, 4.69) is 35.9 Å². The zero-order valence-corrected chi connectivity index (χ0v) is 11.1. The van der Waals surface area contributed by atoms with Gasteiger partial charge in [0.1, 0.15) is 11.6 Å². The molecule has 0 unspecified atom stereocenters. The molecule has 90 valence electrons. The van der Waals surface area contributed by atoms with Gasteiger partial charge in [-0.3, -0.25) is 4.98 Å². The normalized spacial score (nSPS) is 10.8. The van der Waals surface area contributed by atoms with Gasteiger partial charge in [0.05, 0.1) is 24.4 Å². The summed E-state index contributed by atoms with van der Waals surface area (Å²) in [5.74, 6) is 1.39. The highest BCUT2D eigenvalue weighted by Gasteiger charge is 2.11. The van der Waals surface area contributed by atoms with E-state index in [-0.39, 0.29) is 0 Å². The Morgan fingerprint density at radius 1 is 1.33 bits per heavy atom. The zero-order chi connectivity index (χ0) is 12.5. The van der Waals surface area contributed by atoms with Crippen LogP contribution in [0.3, 0.4) is 0 Å². The van der Waals surface area contributed by atoms with E-state index in [4.69, 9.17) is 4.74 Å². The first-order valence-electron chi connectivity index (χ1n) is 5.27. The number of methoxy groups -OCH3 is 1. The van der Waals surface area contributed by atoms with Crippen LogP contribution in [0, 0.1) is 0 Å². The standard InChI is InChI=1S/C12H9BrN4O/c1-18-10-6-14-3-2-8(10)11-16-9-4-7(13)5-15-12(9)17-11/h2-6H,1H3,(H,15,16,17). The van der Waals surface area contributed by atoms with Crippen molar-refractivity contribution in [2.75, 3.05) is 7.11 Å². The van der Waals surface area contributed by atoms with Crippen molar-refractivity contribution in [1.29, 1.82) is 0 Å². The second kappa shape index (κ2) is 4.38. The number of hydrogen-bond donors (Lipinski definition) is 1. The van der Waals surface area contributed by atoms with Gasteiger partial charge >= 0.3 is 0 Å². The van der Waals surface area contributed by atoms with Gasteiger partial charge in [-0.05, 0) is 28.1 Å². The summed E-state index contributed by atoms with van der Waals surface area (Å²) >= 11 is 3.38. The Labute approximate surface area is 111 Å². The maximum atomic E-state index is 5.27. The van der Waals surface area contributed by atoms with Gasteiger partial charge in [-0.2, -0.15) is 0 Å². The summed E-state index contributed by atoms with van der Waals surface area (Å²) < 4.78 is 6.18. The molecule has 0 aromatic carbocycles. The van der Waals surface area contributed by atoms with Crippen LogP contribution in [0.2, 0.25) is 0 Å². The third-order valence-corrected chi connectivity index (χ3v) is 3.00. The van der Waals surface area contributed by atoms with E-state index >= 15 is 0 Å². The van der Waals surface area contributed by atoms with Gasteiger partial charge in [-0.25, -0.2) is 9.97 Å². The molecule has 18 heavy (non-hydrogen) atoms. The monoisotopic (exact) mass is 304 g/mol. The molecule has 3 aromatic rings. The number of nitrogens with zero attached hydrogens (tertiary/aromatic N) is 3. The fraction of sp³-hybridized carbons (Fsp3) is 0.0833. The zero-order valence-electron chi connectivity index (χ0n) is 9.51. The summed E-state index contributed by atoms with van der Waals surface area (Å²) in [6, 6.07) is 3.79. The molecule has 0 aliphatic carbocycles. The third-order valence-electron chi connectivity index (χ3n) is 2.56. The van der Waals surface area contributed by atoms with Gasteiger partial charge in [-0.15, -0.1) is 0 Å². The number of pyridine rings is 2. The van der Waals surface area contributed by atoms with Crippen LogP contribution in [-0.4, -0.2) is 27.0 Å². The molecule has 0 fully saturated rings. The summed E-state index contributed by atoms with van der Waals surface area (Å²) in [7, 11) is 1.61. The first-order valence-corrected chi connectivity index (χ1v) is 6.07. The van der Waals surface area contributed by atoms with Crippen molar-refractivity contribution in [3.63, 3.8) is 0 Å². The highest BCUT2D eigenvalue weighted by Crippen LogP contribution is 2.28. The Morgan fingerprint density at radius 3 is 3.06 bits per heavy atom. The number of halogens is 1. The van der Waals surface area contributed by atoms with Gasteiger partial charge < -0.3 is 9.72 Å². The number of fused-ring (bicyclic) bond motifs is 1. The van der Waals surface area contributed by atoms with Crippen LogP contribution < -0.4 is 4.74 Å². The summed E-state index contributed by atoms with van der Waals surface area (Å²) in [5, 5.41) is 0. The van der Waals surface area contributed by atoms with Crippen LogP contribution in [-0.2, 0) is 0 Å². The lowest BCUT2D eigenvalue weighted by molar-refractivity contribution is 0.414. The van der Waals surface area contributed by atoms with Crippen molar-refractivity contribution in [3.8, 4) is 17.1 Å². The molecule has 1 N–H and O–H groups in total. The summed E-state index contributed by atoms with van der Waals surface area (Å²) in [5.41, 5.74) is 2.41. The van der Waals surface area contributed by atoms with Crippen molar-refractivity contribution in [2.24, 2.45) is 0 Å². The number of H-pyrrole nitrogens is 1. The van der Waals surface area contributed by atoms with E-state index in [0.29, 0.717) is 11.4 Å². The molecule has 0 saturated heterocycles. The molecular formula is C12H9BrN4O. The Hall–Kier alpha value is -1.95.